The molecule has 328 valence electrons. The smallest absolute Gasteiger partial charge is 0.316 e. The van der Waals surface area contributed by atoms with Crippen LogP contribution in [0, 0.1) is 0 Å². The summed E-state index contributed by atoms with van der Waals surface area (Å²) in [6.07, 6.45) is -7.97. The molecule has 60 heavy (non-hydrogen) atoms. The maximum Gasteiger partial charge on any atom is 0.316 e. The van der Waals surface area contributed by atoms with Gasteiger partial charge < -0.3 is 63.6 Å². The maximum absolute atomic E-state index is 14.0. The molecule has 2 aromatic rings. The number of esters is 1. The largest absolute Gasteiger partial charge is 0.507 e. The first-order chi connectivity index (χ1) is 28.3. The van der Waals surface area contributed by atoms with Gasteiger partial charge in [-0.2, -0.15) is 0 Å². The molecule has 0 aromatic heterocycles. The summed E-state index contributed by atoms with van der Waals surface area (Å²) in [5.41, 5.74) is -3.33. The number of fused-ring (bicyclic) bond motifs is 3. The molecule has 14 atom stereocenters. The van der Waals surface area contributed by atoms with Crippen LogP contribution in [0.3, 0.4) is 0 Å². The van der Waals surface area contributed by atoms with Crippen LogP contribution < -0.4 is 0 Å². The fourth-order valence-corrected chi connectivity index (χ4v) is 9.63. The summed E-state index contributed by atoms with van der Waals surface area (Å²) >= 11 is 0. The van der Waals surface area contributed by atoms with E-state index in [4.69, 9.17) is 33.2 Å². The number of carbonyl (C=O) groups excluding carboxylic acids is 4. The van der Waals surface area contributed by atoms with Gasteiger partial charge in [0.15, 0.2) is 24.7 Å². The third-order valence-corrected chi connectivity index (χ3v) is 12.5. The minimum absolute atomic E-state index is 0.0661. The van der Waals surface area contributed by atoms with Crippen LogP contribution in [0.5, 0.6) is 11.5 Å². The van der Waals surface area contributed by atoms with Crippen molar-refractivity contribution in [3.8, 4) is 11.5 Å². The predicted octanol–water partition coefficient (Wildman–Crippen LogP) is 2.52. The molecule has 2 aliphatic carbocycles. The third-order valence-electron chi connectivity index (χ3n) is 12.5. The van der Waals surface area contributed by atoms with Crippen molar-refractivity contribution in [1.29, 1.82) is 0 Å². The van der Waals surface area contributed by atoms with Gasteiger partial charge in [0.2, 0.25) is 5.78 Å². The first-order valence-corrected chi connectivity index (χ1v) is 20.4. The van der Waals surface area contributed by atoms with E-state index in [2.05, 4.69) is 0 Å². The molecule has 2 aromatic carbocycles. The van der Waals surface area contributed by atoms with Crippen LogP contribution in [0.15, 0.2) is 24.3 Å². The molecule has 17 heteroatoms. The number of hydrogen-bond donors (Lipinski definition) is 5. The molecular formula is C43H55NO16. The van der Waals surface area contributed by atoms with E-state index < -0.39 is 132 Å². The van der Waals surface area contributed by atoms with Crippen molar-refractivity contribution in [3.05, 3.63) is 57.6 Å². The summed E-state index contributed by atoms with van der Waals surface area (Å²) in [6, 6.07) is 4.88. The number of carbonyl (C=O) groups is 4. The fraction of sp³-hybridized carbons (Fsp3) is 0.628. The van der Waals surface area contributed by atoms with Crippen molar-refractivity contribution in [2.75, 3.05) is 21.2 Å². The molecule has 17 nitrogen and oxygen atoms in total. The van der Waals surface area contributed by atoms with Crippen molar-refractivity contribution in [3.63, 3.8) is 0 Å². The topological polar surface area (TPSA) is 237 Å². The molecule has 5 N–H and O–H groups in total. The Morgan fingerprint density at radius 3 is 2.12 bits per heavy atom. The number of aromatic hydroxyl groups is 2. The summed E-state index contributed by atoms with van der Waals surface area (Å²) in [6.45, 7) is 6.57. The second kappa shape index (κ2) is 17.1. The van der Waals surface area contributed by atoms with E-state index in [-0.39, 0.29) is 46.7 Å². The number of likely N-dealkylation sites (N-methyl/N-ethyl adjacent to an activating group) is 1. The van der Waals surface area contributed by atoms with Crippen molar-refractivity contribution in [1.82, 2.24) is 4.90 Å². The maximum atomic E-state index is 14.0. The zero-order chi connectivity index (χ0) is 43.5. The normalized spacial score (nSPS) is 36.6. The van der Waals surface area contributed by atoms with Crippen LogP contribution >= 0.6 is 0 Å². The number of nitrogens with zero attached hydrogens (tertiary/aromatic N) is 1. The van der Waals surface area contributed by atoms with Gasteiger partial charge in [-0.05, 0) is 65.9 Å². The van der Waals surface area contributed by atoms with Crippen molar-refractivity contribution in [2.24, 2.45) is 0 Å². The zero-order valence-corrected chi connectivity index (χ0v) is 34.7. The Morgan fingerprint density at radius 1 is 0.833 bits per heavy atom. The van der Waals surface area contributed by atoms with Gasteiger partial charge in [-0.25, -0.2) is 0 Å². The monoisotopic (exact) mass is 841 g/mol. The van der Waals surface area contributed by atoms with E-state index in [1.165, 1.54) is 31.2 Å². The standard InChI is InChI=1S/C43H55NO16/c1-18(45)16-43(53)17-29(34-23(36(43)42(52)54-7)13-24-35(39(34)51)38(50)33-22(37(24)49)9-8-10-27(33)47)58-31-14-25(44(5)6)40(20(3)56-31)60-32-15-28(48)41(21(4)57-32)59-30-12-11-26(46)19(2)55-30/h8-10,13,19-21,25-26,28-32,36,40-41,46-48,51,53H,11-12,14-17H2,1-7H3/t19-,20+,21+,25+,26+,28+,29-,30+,31-,32-,36-,40-,41-,43+/m1/s1. The highest BCUT2D eigenvalue weighted by atomic mass is 16.7. The van der Waals surface area contributed by atoms with Crippen molar-refractivity contribution in [2.45, 2.75) is 151 Å². The molecule has 5 aliphatic rings. The Bertz CT molecular complexity index is 1990. The minimum Gasteiger partial charge on any atom is -0.507 e. The molecule has 0 spiro atoms. The molecule has 3 heterocycles. The lowest BCUT2D eigenvalue weighted by Gasteiger charge is -2.48. The highest BCUT2D eigenvalue weighted by molar-refractivity contribution is 6.30. The van der Waals surface area contributed by atoms with E-state index in [1.807, 2.05) is 19.0 Å². The molecule has 0 amide bonds. The summed E-state index contributed by atoms with van der Waals surface area (Å²) in [4.78, 5) is 55.9. The number of aliphatic hydroxyl groups excluding tert-OH is 2. The average molecular weight is 842 g/mol. The molecule has 3 aliphatic heterocycles. The highest BCUT2D eigenvalue weighted by Gasteiger charge is 2.55. The van der Waals surface area contributed by atoms with Crippen LogP contribution in [0.25, 0.3) is 0 Å². The number of Topliss-reactive ketones (excluding diaryl/α,β-unsaturated/α-hetero) is 1. The van der Waals surface area contributed by atoms with Gasteiger partial charge in [-0.1, -0.05) is 12.1 Å². The van der Waals surface area contributed by atoms with Gasteiger partial charge in [-0.15, -0.1) is 0 Å². The summed E-state index contributed by atoms with van der Waals surface area (Å²) in [5, 5.41) is 56.1. The van der Waals surface area contributed by atoms with E-state index in [0.717, 1.165) is 7.11 Å². The van der Waals surface area contributed by atoms with Gasteiger partial charge in [0.05, 0.1) is 60.5 Å². The molecule has 7 rings (SSSR count). The number of phenolic OH excluding ortho intramolecular Hbond substituents is 2. The Kier molecular flexibility index (Phi) is 12.6. The number of methoxy groups -OCH3 is 1. The quantitative estimate of drug-likeness (QED) is 0.184. The first kappa shape index (κ1) is 44.2. The Hall–Kier alpha value is -3.88. The summed E-state index contributed by atoms with van der Waals surface area (Å²) in [7, 11) is 4.79. The zero-order valence-electron chi connectivity index (χ0n) is 34.7. The number of ether oxygens (including phenoxy) is 7. The van der Waals surface area contributed by atoms with Crippen molar-refractivity contribution >= 4 is 23.3 Å². The van der Waals surface area contributed by atoms with E-state index in [0.29, 0.717) is 12.8 Å². The number of phenols is 2. The lowest BCUT2D eigenvalue weighted by Crippen LogP contribution is -2.58. The lowest BCUT2D eigenvalue weighted by atomic mass is 9.66. The molecule has 0 unspecified atom stereocenters. The molecule has 0 saturated carbocycles. The van der Waals surface area contributed by atoms with E-state index in [1.54, 1.807) is 20.8 Å². The van der Waals surface area contributed by atoms with E-state index in [9.17, 15) is 44.7 Å². The summed E-state index contributed by atoms with van der Waals surface area (Å²) in [5.74, 6) is -5.65. The Morgan fingerprint density at radius 2 is 1.48 bits per heavy atom. The second-order valence-corrected chi connectivity index (χ2v) is 17.0. The van der Waals surface area contributed by atoms with Gasteiger partial charge in [0, 0.05) is 54.8 Å². The number of ketones is 3. The molecule has 3 saturated heterocycles. The van der Waals surface area contributed by atoms with Crippen LogP contribution in [0.4, 0.5) is 0 Å². The van der Waals surface area contributed by atoms with Crippen LogP contribution in [0.1, 0.15) is 121 Å². The van der Waals surface area contributed by atoms with Gasteiger partial charge in [-0.3, -0.25) is 19.2 Å². The number of benzene rings is 2. The first-order valence-electron chi connectivity index (χ1n) is 20.4. The number of aliphatic hydroxyl groups is 3. The van der Waals surface area contributed by atoms with Crippen LogP contribution in [-0.4, -0.2) is 148 Å². The van der Waals surface area contributed by atoms with Gasteiger partial charge in [0.25, 0.3) is 0 Å². The molecule has 0 radical (unpaired) electrons. The van der Waals surface area contributed by atoms with E-state index >= 15 is 0 Å². The Labute approximate surface area is 347 Å². The lowest BCUT2D eigenvalue weighted by molar-refractivity contribution is -0.328. The molecule has 3 fully saturated rings. The SMILES string of the molecule is COC(=O)[C@H]1c2cc3c(c(O)c2[C@H](O[C@@H]2C[C@H](N(C)C)[C@H](O[C@@H]4C[C@H](O)[C@H](O[C@H]5CC[C@H](O)[C@@H](C)O5)[C@H](C)O4)[C@H](C)O2)C[C@@]1(O)CC(C)=O)C(=O)c1c(O)cccc1C3=O. The average Bonchev–Trinajstić information content (AvgIpc) is 3.16. The Balaban J connectivity index is 1.16. The summed E-state index contributed by atoms with van der Waals surface area (Å²) < 4.78 is 42.7. The van der Waals surface area contributed by atoms with Crippen LogP contribution in [0.2, 0.25) is 0 Å². The highest BCUT2D eigenvalue weighted by Crippen LogP contribution is 2.54. The number of rotatable bonds is 10. The third kappa shape index (κ3) is 8.12. The van der Waals surface area contributed by atoms with Crippen LogP contribution in [-0.2, 0) is 42.7 Å². The fourth-order valence-electron chi connectivity index (χ4n) is 9.63. The molecular weight excluding hydrogens is 786 g/mol. The minimum atomic E-state index is -2.12. The van der Waals surface area contributed by atoms with Gasteiger partial charge >= 0.3 is 5.97 Å². The number of hydrogen-bond acceptors (Lipinski definition) is 17. The van der Waals surface area contributed by atoms with Crippen molar-refractivity contribution < 1.29 is 77.9 Å². The second-order valence-electron chi connectivity index (χ2n) is 17.0. The molecule has 0 bridgehead atoms. The van der Waals surface area contributed by atoms with Gasteiger partial charge in [0.1, 0.15) is 35.4 Å². The predicted molar refractivity (Wildman–Crippen MR) is 207 cm³/mol.